The Balaban J connectivity index is 1.86. The Hall–Kier alpha value is -2.11. The van der Waals surface area contributed by atoms with Gasteiger partial charge in [0.25, 0.3) is 0 Å². The van der Waals surface area contributed by atoms with Gasteiger partial charge in [0.15, 0.2) is 0 Å². The molecule has 0 saturated carbocycles. The number of hydrogen-bond donors (Lipinski definition) is 0. The second kappa shape index (κ2) is 7.02. The Labute approximate surface area is 149 Å². The average Bonchev–Trinajstić information content (AvgIpc) is 2.61. The maximum atomic E-state index is 13.0. The van der Waals surface area contributed by atoms with Crippen molar-refractivity contribution >= 4 is 10.0 Å². The molecule has 3 rings (SSSR count). The normalized spacial score (nSPS) is 19.0. The fraction of sp³-hybridized carbons (Fsp3) is 0.300. The SMILES string of the molecule is C=C1CC(c2ccc(OC)cc2)CN(S(=O)(=O)c2ccc(C)cc2)C1. The summed E-state index contributed by atoms with van der Waals surface area (Å²) in [5.74, 6) is 0.898. The summed E-state index contributed by atoms with van der Waals surface area (Å²) in [6.45, 7) is 6.85. The zero-order valence-corrected chi connectivity index (χ0v) is 15.4. The largest absolute Gasteiger partial charge is 0.497 e. The molecule has 25 heavy (non-hydrogen) atoms. The summed E-state index contributed by atoms with van der Waals surface area (Å²) in [5.41, 5.74) is 3.08. The molecule has 4 nitrogen and oxygen atoms in total. The highest BCUT2D eigenvalue weighted by Crippen LogP contribution is 2.33. The van der Waals surface area contributed by atoms with Gasteiger partial charge in [0.05, 0.1) is 12.0 Å². The Morgan fingerprint density at radius 2 is 1.72 bits per heavy atom. The molecule has 5 heteroatoms. The van der Waals surface area contributed by atoms with Crippen LogP contribution < -0.4 is 4.74 Å². The Morgan fingerprint density at radius 1 is 1.08 bits per heavy atom. The van der Waals surface area contributed by atoms with E-state index in [9.17, 15) is 8.42 Å². The van der Waals surface area contributed by atoms with Crippen LogP contribution in [0.25, 0.3) is 0 Å². The molecule has 1 fully saturated rings. The van der Waals surface area contributed by atoms with Crippen molar-refractivity contribution in [3.63, 3.8) is 0 Å². The molecule has 0 radical (unpaired) electrons. The highest BCUT2D eigenvalue weighted by Gasteiger charge is 2.32. The third kappa shape index (κ3) is 3.78. The van der Waals surface area contributed by atoms with Gasteiger partial charge in [-0.3, -0.25) is 0 Å². The third-order valence-electron chi connectivity index (χ3n) is 4.61. The minimum atomic E-state index is -3.52. The first-order valence-electron chi connectivity index (χ1n) is 8.27. The molecule has 1 saturated heterocycles. The van der Waals surface area contributed by atoms with Crippen LogP contribution in [0, 0.1) is 6.92 Å². The van der Waals surface area contributed by atoms with Crippen LogP contribution in [0.2, 0.25) is 0 Å². The van der Waals surface area contributed by atoms with Crippen LogP contribution in [0.5, 0.6) is 5.75 Å². The van der Waals surface area contributed by atoms with Crippen LogP contribution in [0.1, 0.15) is 23.5 Å². The second-order valence-electron chi connectivity index (χ2n) is 6.53. The maximum Gasteiger partial charge on any atom is 0.243 e. The van der Waals surface area contributed by atoms with Gasteiger partial charge in [0.2, 0.25) is 10.0 Å². The van der Waals surface area contributed by atoms with E-state index in [1.165, 1.54) is 0 Å². The first-order chi connectivity index (χ1) is 11.9. The number of benzene rings is 2. The molecule has 0 spiro atoms. The molecular weight excluding hydrogens is 334 g/mol. The fourth-order valence-corrected chi connectivity index (χ4v) is 4.69. The maximum absolute atomic E-state index is 13.0. The van der Waals surface area contributed by atoms with E-state index in [1.54, 1.807) is 23.5 Å². The summed E-state index contributed by atoms with van der Waals surface area (Å²) in [6, 6.07) is 14.8. The molecule has 0 N–H and O–H groups in total. The van der Waals surface area contributed by atoms with E-state index in [0.29, 0.717) is 18.0 Å². The molecule has 0 aromatic heterocycles. The van der Waals surface area contributed by atoms with Crippen molar-refractivity contribution < 1.29 is 13.2 Å². The van der Waals surface area contributed by atoms with Crippen molar-refractivity contribution in [3.05, 3.63) is 71.8 Å². The lowest BCUT2D eigenvalue weighted by Crippen LogP contribution is -2.40. The lowest BCUT2D eigenvalue weighted by atomic mass is 9.89. The number of hydrogen-bond acceptors (Lipinski definition) is 3. The Morgan fingerprint density at radius 3 is 2.32 bits per heavy atom. The van der Waals surface area contributed by atoms with Crippen molar-refractivity contribution in [2.75, 3.05) is 20.2 Å². The van der Waals surface area contributed by atoms with Gasteiger partial charge >= 0.3 is 0 Å². The summed E-state index contributed by atoms with van der Waals surface area (Å²) in [5, 5.41) is 0. The van der Waals surface area contributed by atoms with E-state index < -0.39 is 10.0 Å². The van der Waals surface area contributed by atoms with Crippen LogP contribution in [0.4, 0.5) is 0 Å². The number of ether oxygens (including phenoxy) is 1. The number of rotatable bonds is 4. The van der Waals surface area contributed by atoms with Gasteiger partial charge in [-0.1, -0.05) is 42.0 Å². The smallest absolute Gasteiger partial charge is 0.243 e. The average molecular weight is 357 g/mol. The zero-order chi connectivity index (χ0) is 18.0. The lowest BCUT2D eigenvalue weighted by Gasteiger charge is -2.33. The highest BCUT2D eigenvalue weighted by molar-refractivity contribution is 7.89. The van der Waals surface area contributed by atoms with E-state index >= 15 is 0 Å². The van der Waals surface area contributed by atoms with E-state index in [0.717, 1.165) is 28.9 Å². The standard InChI is InChI=1S/C20H23NO3S/c1-15-4-10-20(11-5-15)25(22,23)21-13-16(2)12-18(14-21)17-6-8-19(24-3)9-7-17/h4-11,18H,2,12-14H2,1,3H3. The van der Waals surface area contributed by atoms with Crippen molar-refractivity contribution in [2.45, 2.75) is 24.2 Å². The van der Waals surface area contributed by atoms with E-state index in [2.05, 4.69) is 6.58 Å². The molecule has 1 unspecified atom stereocenters. The van der Waals surface area contributed by atoms with Gasteiger partial charge in [-0.2, -0.15) is 4.31 Å². The molecule has 0 bridgehead atoms. The van der Waals surface area contributed by atoms with Crippen molar-refractivity contribution in [1.82, 2.24) is 4.31 Å². The van der Waals surface area contributed by atoms with Gasteiger partial charge in [-0.05, 0) is 43.2 Å². The number of piperidine rings is 1. The quantitative estimate of drug-likeness (QED) is 0.783. The first kappa shape index (κ1) is 17.7. The molecule has 132 valence electrons. The van der Waals surface area contributed by atoms with Crippen molar-refractivity contribution in [3.8, 4) is 5.75 Å². The highest BCUT2D eigenvalue weighted by atomic mass is 32.2. The summed E-state index contributed by atoms with van der Waals surface area (Å²) in [4.78, 5) is 0.335. The fourth-order valence-electron chi connectivity index (χ4n) is 3.18. The monoisotopic (exact) mass is 357 g/mol. The summed E-state index contributed by atoms with van der Waals surface area (Å²) < 4.78 is 32.7. The molecule has 0 aliphatic carbocycles. The van der Waals surface area contributed by atoms with Crippen LogP contribution in [-0.4, -0.2) is 32.9 Å². The van der Waals surface area contributed by atoms with Gasteiger partial charge < -0.3 is 4.74 Å². The van der Waals surface area contributed by atoms with Gasteiger partial charge in [-0.15, -0.1) is 0 Å². The topological polar surface area (TPSA) is 46.6 Å². The van der Waals surface area contributed by atoms with Crippen molar-refractivity contribution in [2.24, 2.45) is 0 Å². The zero-order valence-electron chi connectivity index (χ0n) is 14.6. The number of sulfonamides is 1. The molecule has 2 aromatic rings. The number of nitrogens with zero attached hydrogens (tertiary/aromatic N) is 1. The van der Waals surface area contributed by atoms with Gasteiger partial charge in [0, 0.05) is 19.0 Å². The van der Waals surface area contributed by atoms with E-state index in [-0.39, 0.29) is 5.92 Å². The van der Waals surface area contributed by atoms with Crippen LogP contribution in [-0.2, 0) is 10.0 Å². The summed E-state index contributed by atoms with van der Waals surface area (Å²) >= 11 is 0. The number of aryl methyl sites for hydroxylation is 1. The lowest BCUT2D eigenvalue weighted by molar-refractivity contribution is 0.364. The predicted octanol–water partition coefficient (Wildman–Crippen LogP) is 3.74. The van der Waals surface area contributed by atoms with Gasteiger partial charge in [-0.25, -0.2) is 8.42 Å². The molecular formula is C20H23NO3S. The molecule has 2 aromatic carbocycles. The van der Waals surface area contributed by atoms with Crippen LogP contribution >= 0.6 is 0 Å². The minimum Gasteiger partial charge on any atom is -0.497 e. The summed E-state index contributed by atoms with van der Waals surface area (Å²) in [6.07, 6.45) is 0.798. The second-order valence-corrected chi connectivity index (χ2v) is 8.47. The summed E-state index contributed by atoms with van der Waals surface area (Å²) in [7, 11) is -1.89. The Bertz CT molecular complexity index is 855. The molecule has 1 heterocycles. The minimum absolute atomic E-state index is 0.104. The van der Waals surface area contributed by atoms with E-state index in [1.807, 2.05) is 43.3 Å². The first-order valence-corrected chi connectivity index (χ1v) is 9.71. The van der Waals surface area contributed by atoms with Crippen molar-refractivity contribution in [1.29, 1.82) is 0 Å². The Kier molecular flexibility index (Phi) is 4.97. The predicted molar refractivity (Wildman–Crippen MR) is 99.4 cm³/mol. The molecule has 1 atom stereocenters. The third-order valence-corrected chi connectivity index (χ3v) is 6.43. The van der Waals surface area contributed by atoms with E-state index in [4.69, 9.17) is 4.74 Å². The number of methoxy groups -OCH3 is 1. The van der Waals surface area contributed by atoms with Gasteiger partial charge in [0.1, 0.15) is 5.75 Å². The molecule has 0 amide bonds. The van der Waals surface area contributed by atoms with Crippen LogP contribution in [0.3, 0.4) is 0 Å². The molecule has 1 aliphatic rings. The molecule has 1 aliphatic heterocycles. The van der Waals surface area contributed by atoms with Crippen LogP contribution in [0.15, 0.2) is 65.6 Å².